The fourth-order valence-corrected chi connectivity index (χ4v) is 12.2. The number of phosphoric ester groups is 2. The van der Waals surface area contributed by atoms with E-state index in [2.05, 4.69) is 55.4 Å². The summed E-state index contributed by atoms with van der Waals surface area (Å²) in [6.07, 6.45) is 43.6. The maximum Gasteiger partial charge on any atom is 0.472 e. The summed E-state index contributed by atoms with van der Waals surface area (Å²) in [7, 11) is -9.90. The van der Waals surface area contributed by atoms with Gasteiger partial charge in [0.15, 0.2) is 12.2 Å². The van der Waals surface area contributed by atoms with Gasteiger partial charge in [-0.2, -0.15) is 0 Å². The molecule has 0 aliphatic carbocycles. The first-order valence-corrected chi connectivity index (χ1v) is 39.7. The van der Waals surface area contributed by atoms with E-state index in [0.717, 1.165) is 109 Å². The van der Waals surface area contributed by atoms with E-state index in [1.165, 1.54) is 141 Å². The molecule has 0 aromatic carbocycles. The third-order valence-corrected chi connectivity index (χ3v) is 18.2. The third-order valence-electron chi connectivity index (χ3n) is 16.3. The summed E-state index contributed by atoms with van der Waals surface area (Å²) in [5, 5.41) is 10.6. The smallest absolute Gasteiger partial charge is 0.462 e. The zero-order chi connectivity index (χ0) is 66.8. The highest BCUT2D eigenvalue weighted by Gasteiger charge is 2.30. The summed E-state index contributed by atoms with van der Waals surface area (Å²) in [4.78, 5) is 72.4. The molecular formula is C71H138O17P2. The van der Waals surface area contributed by atoms with Crippen molar-refractivity contribution in [1.82, 2.24) is 0 Å². The van der Waals surface area contributed by atoms with Crippen molar-refractivity contribution in [3.63, 3.8) is 0 Å². The lowest BCUT2D eigenvalue weighted by Crippen LogP contribution is -2.30. The molecular weight excluding hydrogens is 1190 g/mol. The van der Waals surface area contributed by atoms with E-state index < -0.39 is 97.5 Å². The fourth-order valence-electron chi connectivity index (χ4n) is 10.7. The minimum atomic E-state index is -4.95. The Kier molecular flexibility index (Phi) is 59.4. The maximum atomic E-state index is 13.0. The molecule has 3 unspecified atom stereocenters. The molecule has 0 heterocycles. The maximum absolute atomic E-state index is 13.0. The molecule has 0 aliphatic rings. The minimum absolute atomic E-state index is 0.102. The van der Waals surface area contributed by atoms with Gasteiger partial charge in [0.05, 0.1) is 26.4 Å². The molecule has 17 nitrogen and oxygen atoms in total. The first-order chi connectivity index (χ1) is 43.1. The van der Waals surface area contributed by atoms with Crippen molar-refractivity contribution in [3.05, 3.63) is 0 Å². The molecule has 0 saturated carbocycles. The number of ether oxygens (including phenoxy) is 4. The molecule has 5 atom stereocenters. The number of aliphatic hydroxyl groups excluding tert-OH is 1. The number of unbranched alkanes of at least 4 members (excludes halogenated alkanes) is 34. The van der Waals surface area contributed by atoms with Gasteiger partial charge in [0.1, 0.15) is 19.3 Å². The monoisotopic (exact) mass is 1320 g/mol. The highest BCUT2D eigenvalue weighted by Crippen LogP contribution is 2.45. The van der Waals surface area contributed by atoms with Gasteiger partial charge in [0.2, 0.25) is 0 Å². The van der Waals surface area contributed by atoms with Gasteiger partial charge in [-0.1, -0.05) is 299 Å². The zero-order valence-electron chi connectivity index (χ0n) is 58.8. The Morgan fingerprint density at radius 2 is 0.467 bits per heavy atom. The van der Waals surface area contributed by atoms with Crippen LogP contribution in [0.2, 0.25) is 0 Å². The summed E-state index contributed by atoms with van der Waals surface area (Å²) in [5.41, 5.74) is 0. The van der Waals surface area contributed by atoms with Crippen molar-refractivity contribution in [2.75, 3.05) is 39.6 Å². The van der Waals surface area contributed by atoms with Crippen LogP contribution in [0.5, 0.6) is 0 Å². The zero-order valence-corrected chi connectivity index (χ0v) is 60.6. The molecule has 0 radical (unpaired) electrons. The van der Waals surface area contributed by atoms with Gasteiger partial charge in [-0.15, -0.1) is 0 Å². The summed E-state index contributed by atoms with van der Waals surface area (Å²) < 4.78 is 68.2. The lowest BCUT2D eigenvalue weighted by molar-refractivity contribution is -0.161. The van der Waals surface area contributed by atoms with Crippen LogP contribution in [0.1, 0.15) is 351 Å². The van der Waals surface area contributed by atoms with Crippen molar-refractivity contribution >= 4 is 39.5 Å². The van der Waals surface area contributed by atoms with Gasteiger partial charge in [0, 0.05) is 25.7 Å². The third kappa shape index (κ3) is 64.8. The summed E-state index contributed by atoms with van der Waals surface area (Å²) >= 11 is 0. The molecule has 3 N–H and O–H groups in total. The molecule has 90 heavy (non-hydrogen) atoms. The lowest BCUT2D eigenvalue weighted by atomic mass is 10.0. The second kappa shape index (κ2) is 60.7. The van der Waals surface area contributed by atoms with Crippen LogP contribution in [0.3, 0.4) is 0 Å². The molecule has 19 heteroatoms. The predicted molar refractivity (Wildman–Crippen MR) is 363 cm³/mol. The van der Waals surface area contributed by atoms with Gasteiger partial charge >= 0.3 is 39.5 Å². The molecule has 0 amide bonds. The summed E-state index contributed by atoms with van der Waals surface area (Å²) in [6, 6.07) is 0. The topological polar surface area (TPSA) is 237 Å². The number of carbonyl (C=O) groups is 4. The van der Waals surface area contributed by atoms with E-state index in [4.69, 9.17) is 37.0 Å². The minimum Gasteiger partial charge on any atom is -0.462 e. The Morgan fingerprint density at radius 3 is 0.689 bits per heavy atom. The lowest BCUT2D eigenvalue weighted by Gasteiger charge is -2.21. The first kappa shape index (κ1) is 88.1. The van der Waals surface area contributed by atoms with Gasteiger partial charge in [0.25, 0.3) is 0 Å². The number of carbonyl (C=O) groups excluding carboxylic acids is 4. The van der Waals surface area contributed by atoms with Crippen LogP contribution in [0.15, 0.2) is 0 Å². The average molecular weight is 1330 g/mol. The molecule has 0 aromatic heterocycles. The van der Waals surface area contributed by atoms with E-state index in [1.807, 2.05) is 0 Å². The van der Waals surface area contributed by atoms with Gasteiger partial charge < -0.3 is 33.8 Å². The van der Waals surface area contributed by atoms with Gasteiger partial charge in [-0.05, 0) is 49.4 Å². The van der Waals surface area contributed by atoms with Crippen LogP contribution in [0, 0.1) is 23.7 Å². The molecule has 0 rings (SSSR count). The van der Waals surface area contributed by atoms with Crippen LogP contribution in [0.25, 0.3) is 0 Å². The number of rotatable bonds is 68. The normalized spacial score (nSPS) is 14.3. The second-order valence-electron chi connectivity index (χ2n) is 27.5. The van der Waals surface area contributed by atoms with Gasteiger partial charge in [-0.25, -0.2) is 9.13 Å². The molecule has 0 saturated heterocycles. The summed E-state index contributed by atoms with van der Waals surface area (Å²) in [6.45, 7) is 14.0. The van der Waals surface area contributed by atoms with E-state index >= 15 is 0 Å². The molecule has 0 aliphatic heterocycles. The molecule has 0 bridgehead atoms. The second-order valence-corrected chi connectivity index (χ2v) is 30.4. The van der Waals surface area contributed by atoms with Crippen molar-refractivity contribution in [2.45, 2.75) is 369 Å². The average Bonchev–Trinajstić information content (AvgIpc) is 3.19. The number of aliphatic hydroxyl groups is 1. The number of esters is 4. The van der Waals surface area contributed by atoms with E-state index in [0.29, 0.717) is 43.4 Å². The first-order valence-electron chi connectivity index (χ1n) is 36.7. The van der Waals surface area contributed by atoms with Crippen LogP contribution in [-0.4, -0.2) is 96.7 Å². The van der Waals surface area contributed by atoms with Crippen molar-refractivity contribution in [1.29, 1.82) is 0 Å². The quantitative estimate of drug-likeness (QED) is 0.0222. The Hall–Kier alpha value is -1.94. The van der Waals surface area contributed by atoms with E-state index in [9.17, 15) is 43.2 Å². The Morgan fingerprint density at radius 1 is 0.278 bits per heavy atom. The Bertz CT molecular complexity index is 1780. The Balaban J connectivity index is 5.14. The molecule has 0 spiro atoms. The van der Waals surface area contributed by atoms with Crippen LogP contribution >= 0.6 is 15.6 Å². The van der Waals surface area contributed by atoms with Crippen molar-refractivity contribution in [2.24, 2.45) is 23.7 Å². The van der Waals surface area contributed by atoms with Crippen LogP contribution in [-0.2, 0) is 65.4 Å². The van der Waals surface area contributed by atoms with Crippen molar-refractivity contribution in [3.8, 4) is 0 Å². The number of hydrogen-bond acceptors (Lipinski definition) is 15. The molecule has 0 fully saturated rings. The Labute approximate surface area is 549 Å². The highest BCUT2D eigenvalue weighted by atomic mass is 31.2. The predicted octanol–water partition coefficient (Wildman–Crippen LogP) is 20.1. The number of phosphoric acid groups is 2. The largest absolute Gasteiger partial charge is 0.472 e. The van der Waals surface area contributed by atoms with Crippen LogP contribution in [0.4, 0.5) is 0 Å². The summed E-state index contributed by atoms with van der Waals surface area (Å²) in [5.74, 6) is 0.766. The fraction of sp³-hybridized carbons (Fsp3) is 0.944. The van der Waals surface area contributed by atoms with Gasteiger partial charge in [-0.3, -0.25) is 37.3 Å². The van der Waals surface area contributed by atoms with E-state index in [1.54, 1.807) is 0 Å². The van der Waals surface area contributed by atoms with E-state index in [-0.39, 0.29) is 25.7 Å². The molecule has 0 aromatic rings. The standard InChI is InChI=1S/C71H138O17P2/c1-61(2)47-39-31-23-19-17-15-13-11-9-10-12-14-16-18-20-26-37-45-53-70(75)87-67(58-82-69(74)52-44-36-30-29-34-42-50-64(7)8)60-86-90(79,80)84-56-65(72)55-83-89(77,78)85-59-66(88-71(76)54-46-38-28-22-25-33-41-49-63(5)6)57-81-68(73)51-43-35-27-21-24-32-40-48-62(3)4/h61-67,72H,9-60H2,1-8H3,(H,77,78)(H,79,80)/t65?,66-,67-/m1/s1. The SMILES string of the molecule is CC(C)CCCCCCCCCCCCCCCCCCCCC(=O)O[C@H](COC(=O)CCCCCCCCC(C)C)COP(=O)(O)OCC(O)COP(=O)(O)OC[C@@H](COC(=O)CCCCCCCCCC(C)C)OC(=O)CCCCCCCCCC(C)C. The highest BCUT2D eigenvalue weighted by molar-refractivity contribution is 7.47. The van der Waals surface area contributed by atoms with Crippen LogP contribution < -0.4 is 0 Å². The molecule has 534 valence electrons. The van der Waals surface area contributed by atoms with Crippen molar-refractivity contribution < 1.29 is 80.2 Å². The number of hydrogen-bond donors (Lipinski definition) is 3.